The Balaban J connectivity index is 1.98. The molecule has 0 spiro atoms. The molecule has 1 aliphatic rings. The molecule has 2 aromatic carbocycles. The van der Waals surface area contributed by atoms with Crippen molar-refractivity contribution >= 4 is 21.7 Å². The van der Waals surface area contributed by atoms with Crippen LogP contribution in [0.3, 0.4) is 0 Å². The first-order valence-electron chi connectivity index (χ1n) is 7.63. The minimum absolute atomic E-state index is 0.313. The SMILES string of the molecule is FC(F)(F)c1ccc2c(c1)nc(C1COCCO1)c1ccccc12. The fourth-order valence-corrected chi connectivity index (χ4v) is 3.05. The molecular formula is C18H14F3NO2. The molecule has 1 fully saturated rings. The lowest BCUT2D eigenvalue weighted by atomic mass is 10.00. The third kappa shape index (κ3) is 2.61. The second-order valence-electron chi connectivity index (χ2n) is 5.71. The molecule has 1 unspecified atom stereocenters. The quantitative estimate of drug-likeness (QED) is 0.615. The van der Waals surface area contributed by atoms with Crippen LogP contribution in [-0.2, 0) is 15.7 Å². The number of alkyl halides is 3. The molecule has 6 heteroatoms. The van der Waals surface area contributed by atoms with Crippen molar-refractivity contribution in [3.8, 4) is 0 Å². The zero-order valence-electron chi connectivity index (χ0n) is 12.6. The maximum atomic E-state index is 13.0. The van der Waals surface area contributed by atoms with Gasteiger partial charge in [-0.25, -0.2) is 4.98 Å². The maximum Gasteiger partial charge on any atom is 0.416 e. The van der Waals surface area contributed by atoms with Crippen LogP contribution in [0, 0.1) is 0 Å². The summed E-state index contributed by atoms with van der Waals surface area (Å²) in [6, 6.07) is 11.2. The van der Waals surface area contributed by atoms with E-state index in [0.717, 1.165) is 22.9 Å². The highest BCUT2D eigenvalue weighted by atomic mass is 19.4. The largest absolute Gasteiger partial charge is 0.416 e. The molecule has 24 heavy (non-hydrogen) atoms. The van der Waals surface area contributed by atoms with E-state index in [1.165, 1.54) is 6.07 Å². The number of pyridine rings is 1. The molecule has 0 amide bonds. The van der Waals surface area contributed by atoms with Crippen LogP contribution < -0.4 is 0 Å². The van der Waals surface area contributed by atoms with Crippen LogP contribution in [0.15, 0.2) is 42.5 Å². The van der Waals surface area contributed by atoms with Crippen molar-refractivity contribution in [3.63, 3.8) is 0 Å². The first kappa shape index (κ1) is 15.4. The topological polar surface area (TPSA) is 31.4 Å². The monoisotopic (exact) mass is 333 g/mol. The summed E-state index contributed by atoms with van der Waals surface area (Å²) in [6.45, 7) is 1.31. The van der Waals surface area contributed by atoms with Crippen LogP contribution in [0.1, 0.15) is 17.4 Å². The van der Waals surface area contributed by atoms with Gasteiger partial charge in [0.25, 0.3) is 0 Å². The smallest absolute Gasteiger partial charge is 0.376 e. The number of halogens is 3. The fourth-order valence-electron chi connectivity index (χ4n) is 3.05. The predicted molar refractivity (Wildman–Crippen MR) is 83.8 cm³/mol. The summed E-state index contributed by atoms with van der Waals surface area (Å²) in [4.78, 5) is 4.50. The first-order chi connectivity index (χ1) is 11.5. The molecule has 3 aromatic rings. The average molecular weight is 333 g/mol. The zero-order chi connectivity index (χ0) is 16.7. The molecule has 2 heterocycles. The van der Waals surface area contributed by atoms with Crippen molar-refractivity contribution in [3.05, 3.63) is 53.7 Å². The van der Waals surface area contributed by atoms with Gasteiger partial charge in [-0.05, 0) is 17.5 Å². The van der Waals surface area contributed by atoms with Gasteiger partial charge in [0.2, 0.25) is 0 Å². The molecule has 3 nitrogen and oxygen atoms in total. The molecule has 0 bridgehead atoms. The number of aromatic nitrogens is 1. The average Bonchev–Trinajstić information content (AvgIpc) is 2.60. The Labute approximate surface area is 136 Å². The number of fused-ring (bicyclic) bond motifs is 3. The highest BCUT2D eigenvalue weighted by Crippen LogP contribution is 2.35. The summed E-state index contributed by atoms with van der Waals surface area (Å²) >= 11 is 0. The molecule has 0 saturated carbocycles. The standard InChI is InChI=1S/C18H14F3NO2/c19-18(20,21)11-5-6-13-12-3-1-2-4-14(12)17(22-15(13)9-11)16-10-23-7-8-24-16/h1-6,9,16H,7-8,10H2. The molecular weight excluding hydrogens is 319 g/mol. The molecule has 4 rings (SSSR count). The molecule has 1 saturated heterocycles. The minimum atomic E-state index is -4.40. The van der Waals surface area contributed by atoms with E-state index in [1.54, 1.807) is 0 Å². The first-order valence-corrected chi connectivity index (χ1v) is 7.63. The molecule has 0 aliphatic carbocycles. The molecule has 124 valence electrons. The van der Waals surface area contributed by atoms with Crippen LogP contribution in [0.5, 0.6) is 0 Å². The second-order valence-corrected chi connectivity index (χ2v) is 5.71. The number of nitrogens with zero attached hydrogens (tertiary/aromatic N) is 1. The highest BCUT2D eigenvalue weighted by molar-refractivity contribution is 6.06. The Morgan fingerprint density at radius 3 is 2.46 bits per heavy atom. The summed E-state index contributed by atoms with van der Waals surface area (Å²) in [5, 5.41) is 2.43. The van der Waals surface area contributed by atoms with Gasteiger partial charge in [0.1, 0.15) is 6.10 Å². The van der Waals surface area contributed by atoms with Gasteiger partial charge in [-0.3, -0.25) is 0 Å². The van der Waals surface area contributed by atoms with Crippen molar-refractivity contribution in [1.29, 1.82) is 0 Å². The van der Waals surface area contributed by atoms with Crippen molar-refractivity contribution in [2.45, 2.75) is 12.3 Å². The van der Waals surface area contributed by atoms with Crippen LogP contribution in [0.25, 0.3) is 21.7 Å². The number of benzene rings is 2. The van der Waals surface area contributed by atoms with Gasteiger partial charge in [0.05, 0.1) is 36.6 Å². The van der Waals surface area contributed by atoms with Gasteiger partial charge >= 0.3 is 6.18 Å². The van der Waals surface area contributed by atoms with Crippen molar-refractivity contribution in [2.75, 3.05) is 19.8 Å². The minimum Gasteiger partial charge on any atom is -0.376 e. The van der Waals surface area contributed by atoms with Gasteiger partial charge in [-0.15, -0.1) is 0 Å². The van der Waals surface area contributed by atoms with Gasteiger partial charge in [-0.1, -0.05) is 30.3 Å². The normalized spacial score (nSPS) is 19.0. The molecule has 1 atom stereocenters. The lowest BCUT2D eigenvalue weighted by molar-refractivity contribution is -0.137. The van der Waals surface area contributed by atoms with E-state index < -0.39 is 11.7 Å². The van der Waals surface area contributed by atoms with E-state index in [1.807, 2.05) is 24.3 Å². The lowest BCUT2D eigenvalue weighted by Crippen LogP contribution is -2.23. The van der Waals surface area contributed by atoms with Crippen molar-refractivity contribution < 1.29 is 22.6 Å². The fraction of sp³-hybridized carbons (Fsp3) is 0.278. The summed E-state index contributed by atoms with van der Waals surface area (Å²) in [6.07, 6.45) is -4.77. The molecule has 1 aliphatic heterocycles. The Hall–Kier alpha value is -2.18. The van der Waals surface area contributed by atoms with Crippen LogP contribution in [0.2, 0.25) is 0 Å². The van der Waals surface area contributed by atoms with E-state index >= 15 is 0 Å². The van der Waals surface area contributed by atoms with Gasteiger partial charge in [0, 0.05) is 10.8 Å². The van der Waals surface area contributed by atoms with E-state index in [2.05, 4.69) is 4.98 Å². The summed E-state index contributed by atoms with van der Waals surface area (Å²) in [5.74, 6) is 0. The summed E-state index contributed by atoms with van der Waals surface area (Å²) in [7, 11) is 0. The Kier molecular flexibility index (Phi) is 3.66. The number of hydrogen-bond acceptors (Lipinski definition) is 3. The van der Waals surface area contributed by atoms with Gasteiger partial charge < -0.3 is 9.47 Å². The van der Waals surface area contributed by atoms with Gasteiger partial charge in [0.15, 0.2) is 0 Å². The maximum absolute atomic E-state index is 13.0. The van der Waals surface area contributed by atoms with E-state index in [0.29, 0.717) is 36.4 Å². The van der Waals surface area contributed by atoms with Crippen LogP contribution >= 0.6 is 0 Å². The van der Waals surface area contributed by atoms with E-state index in [9.17, 15) is 13.2 Å². The van der Waals surface area contributed by atoms with E-state index in [4.69, 9.17) is 9.47 Å². The van der Waals surface area contributed by atoms with E-state index in [-0.39, 0.29) is 6.10 Å². The van der Waals surface area contributed by atoms with Crippen LogP contribution in [0.4, 0.5) is 13.2 Å². The Morgan fingerprint density at radius 1 is 0.958 bits per heavy atom. The number of ether oxygens (including phenoxy) is 2. The Bertz CT molecular complexity index is 902. The Morgan fingerprint density at radius 2 is 1.75 bits per heavy atom. The molecule has 0 radical (unpaired) electrons. The van der Waals surface area contributed by atoms with Crippen molar-refractivity contribution in [2.24, 2.45) is 0 Å². The second kappa shape index (κ2) is 5.72. The third-order valence-corrected chi connectivity index (χ3v) is 4.18. The number of hydrogen-bond donors (Lipinski definition) is 0. The zero-order valence-corrected chi connectivity index (χ0v) is 12.6. The van der Waals surface area contributed by atoms with Gasteiger partial charge in [-0.2, -0.15) is 13.2 Å². The third-order valence-electron chi connectivity index (χ3n) is 4.18. The summed E-state index contributed by atoms with van der Waals surface area (Å²) < 4.78 is 50.2. The lowest BCUT2D eigenvalue weighted by Gasteiger charge is -2.24. The number of rotatable bonds is 1. The van der Waals surface area contributed by atoms with Crippen LogP contribution in [-0.4, -0.2) is 24.8 Å². The molecule has 0 N–H and O–H groups in total. The molecule has 1 aromatic heterocycles. The van der Waals surface area contributed by atoms with Crippen molar-refractivity contribution in [1.82, 2.24) is 4.98 Å². The highest BCUT2D eigenvalue weighted by Gasteiger charge is 2.31. The predicted octanol–water partition coefficient (Wildman–Crippen LogP) is 4.49. The summed E-state index contributed by atoms with van der Waals surface area (Å²) in [5.41, 5.74) is 0.231.